The highest BCUT2D eigenvalue weighted by Crippen LogP contribution is 2.70. The Bertz CT molecular complexity index is 664. The van der Waals surface area contributed by atoms with Crippen LogP contribution in [-0.4, -0.2) is 17.3 Å². The third-order valence-corrected chi connectivity index (χ3v) is 7.06. The first-order valence-corrected chi connectivity index (χ1v) is 7.51. The molecule has 4 atom stereocenters. The summed E-state index contributed by atoms with van der Waals surface area (Å²) in [6.45, 7) is 11.7. The van der Waals surface area contributed by atoms with Gasteiger partial charge in [-0.05, 0) is 32.9 Å². The zero-order valence-corrected chi connectivity index (χ0v) is 13.5. The molecule has 0 aromatic heterocycles. The van der Waals surface area contributed by atoms with Crippen LogP contribution < -0.4 is 0 Å². The van der Waals surface area contributed by atoms with Gasteiger partial charge < -0.3 is 0 Å². The van der Waals surface area contributed by atoms with E-state index in [1.807, 2.05) is 41.5 Å². The molecule has 2 bridgehead atoms. The van der Waals surface area contributed by atoms with Crippen molar-refractivity contribution in [1.29, 1.82) is 0 Å². The van der Waals surface area contributed by atoms with Crippen molar-refractivity contribution >= 4 is 17.3 Å². The van der Waals surface area contributed by atoms with Crippen molar-refractivity contribution in [2.45, 2.75) is 41.5 Å². The van der Waals surface area contributed by atoms with Crippen LogP contribution in [0.2, 0.25) is 0 Å². The minimum Gasteiger partial charge on any atom is -0.298 e. The summed E-state index contributed by atoms with van der Waals surface area (Å²) in [5.41, 5.74) is -0.00535. The Morgan fingerprint density at radius 2 is 1.29 bits per heavy atom. The Hall–Kier alpha value is -1.51. The maximum Gasteiger partial charge on any atom is 0.160 e. The van der Waals surface area contributed by atoms with Crippen LogP contribution in [0, 0.1) is 28.1 Å². The second-order valence-electron chi connectivity index (χ2n) is 7.70. The van der Waals surface area contributed by atoms with Gasteiger partial charge in [-0.1, -0.05) is 31.9 Å². The van der Waals surface area contributed by atoms with Gasteiger partial charge in [-0.25, -0.2) is 0 Å². The van der Waals surface area contributed by atoms with E-state index in [0.29, 0.717) is 0 Å². The summed E-state index contributed by atoms with van der Waals surface area (Å²) < 4.78 is 0. The molecular weight excluding hydrogens is 264 g/mol. The zero-order valence-electron chi connectivity index (χ0n) is 13.5. The number of ketones is 3. The largest absolute Gasteiger partial charge is 0.298 e. The number of carbonyl (C=O) groups is 3. The number of Topliss-reactive ketones (excluding diaryl/α,β-unsaturated/α-hetero) is 1. The normalized spacial score (nSPS) is 44.4. The topological polar surface area (TPSA) is 51.2 Å². The van der Waals surface area contributed by atoms with Crippen LogP contribution in [0.3, 0.4) is 0 Å². The number of hydrogen-bond acceptors (Lipinski definition) is 3. The number of hydrogen-bond donors (Lipinski definition) is 0. The van der Waals surface area contributed by atoms with Crippen LogP contribution in [-0.2, 0) is 14.4 Å². The minimum absolute atomic E-state index is 0.0132. The standard InChI is InChI=1S/C18H22O3/c1-9-10(2)18(6)14-12(20)8-7-11(19)13(14)17(9,5)15(21)16(18,3)4/h7-8,13-14H,1-6H3/t13-,14+,17+,18-/m0/s1. The molecule has 0 aliphatic heterocycles. The summed E-state index contributed by atoms with van der Waals surface area (Å²) in [5, 5.41) is 0. The molecule has 0 amide bonds. The Balaban J connectivity index is 2.45. The lowest BCUT2D eigenvalue weighted by Gasteiger charge is -2.65. The second-order valence-corrected chi connectivity index (χ2v) is 7.70. The summed E-state index contributed by atoms with van der Waals surface area (Å²) in [6.07, 6.45) is 2.77. The molecule has 1 saturated carbocycles. The third-order valence-electron chi connectivity index (χ3n) is 7.06. The van der Waals surface area contributed by atoms with Gasteiger partial charge in [0.2, 0.25) is 0 Å². The lowest BCUT2D eigenvalue weighted by Crippen LogP contribution is -2.70. The zero-order chi connectivity index (χ0) is 16.0. The highest BCUT2D eigenvalue weighted by atomic mass is 16.1. The van der Waals surface area contributed by atoms with E-state index in [9.17, 15) is 14.4 Å². The molecule has 112 valence electrons. The summed E-state index contributed by atoms with van der Waals surface area (Å²) in [6, 6.07) is 0. The van der Waals surface area contributed by atoms with E-state index in [0.717, 1.165) is 11.1 Å². The fraction of sp³-hybridized carbons (Fsp3) is 0.611. The summed E-state index contributed by atoms with van der Waals surface area (Å²) in [7, 11) is 0. The first kappa shape index (κ1) is 14.4. The van der Waals surface area contributed by atoms with Crippen molar-refractivity contribution in [3.8, 4) is 0 Å². The van der Waals surface area contributed by atoms with E-state index < -0.39 is 28.1 Å². The maximum atomic E-state index is 13.2. The highest BCUT2D eigenvalue weighted by molar-refractivity contribution is 6.14. The second kappa shape index (κ2) is 3.63. The molecule has 3 heteroatoms. The van der Waals surface area contributed by atoms with Crippen LogP contribution in [0.4, 0.5) is 0 Å². The molecule has 0 saturated heterocycles. The van der Waals surface area contributed by atoms with E-state index >= 15 is 0 Å². The van der Waals surface area contributed by atoms with Crippen molar-refractivity contribution in [2.24, 2.45) is 28.1 Å². The Kier molecular flexibility index (Phi) is 2.49. The highest BCUT2D eigenvalue weighted by Gasteiger charge is 2.73. The molecule has 0 heterocycles. The summed E-state index contributed by atoms with van der Waals surface area (Å²) in [5.74, 6) is -0.955. The van der Waals surface area contributed by atoms with Crippen LogP contribution in [0.15, 0.2) is 23.3 Å². The van der Waals surface area contributed by atoms with E-state index in [-0.39, 0.29) is 17.3 Å². The van der Waals surface area contributed by atoms with E-state index in [1.165, 1.54) is 12.2 Å². The Labute approximate surface area is 125 Å². The van der Waals surface area contributed by atoms with Crippen LogP contribution in [0.25, 0.3) is 0 Å². The molecule has 3 nitrogen and oxygen atoms in total. The van der Waals surface area contributed by atoms with Crippen molar-refractivity contribution < 1.29 is 14.4 Å². The SMILES string of the molecule is CC1=C(C)[C@@]2(C)[C@@H]3C(=O)C=CC(=O)[C@@H]3[C@]1(C)C(=O)C2(C)C. The Morgan fingerprint density at radius 1 is 0.810 bits per heavy atom. The monoisotopic (exact) mass is 286 g/mol. The number of rotatable bonds is 0. The molecule has 0 N–H and O–H groups in total. The molecule has 0 radical (unpaired) electrons. The predicted molar refractivity (Wildman–Crippen MR) is 79.5 cm³/mol. The van der Waals surface area contributed by atoms with Crippen LogP contribution >= 0.6 is 0 Å². The van der Waals surface area contributed by atoms with Gasteiger partial charge in [0.15, 0.2) is 11.6 Å². The molecule has 0 aromatic rings. The molecule has 0 unspecified atom stereocenters. The lowest BCUT2D eigenvalue weighted by molar-refractivity contribution is -0.174. The number of fused-ring (bicyclic) bond motifs is 1. The minimum atomic E-state index is -0.854. The fourth-order valence-corrected chi connectivity index (χ4v) is 5.24. The third kappa shape index (κ3) is 1.21. The molecule has 4 aliphatic carbocycles. The quantitative estimate of drug-likeness (QED) is 0.643. The molecular formula is C18H22O3. The molecule has 0 aromatic carbocycles. The number of carbonyl (C=O) groups excluding carboxylic acids is 3. The van der Waals surface area contributed by atoms with Crippen molar-refractivity contribution in [3.05, 3.63) is 23.3 Å². The van der Waals surface area contributed by atoms with Crippen LogP contribution in [0.5, 0.6) is 0 Å². The molecule has 21 heavy (non-hydrogen) atoms. The molecule has 4 aliphatic rings. The van der Waals surface area contributed by atoms with Gasteiger partial charge in [0.05, 0.1) is 5.41 Å². The number of allylic oxidation sites excluding steroid dienone is 4. The van der Waals surface area contributed by atoms with E-state index in [4.69, 9.17) is 0 Å². The van der Waals surface area contributed by atoms with Gasteiger partial charge in [-0.15, -0.1) is 0 Å². The predicted octanol–water partition coefficient (Wildman–Crippen LogP) is 2.90. The first-order valence-electron chi connectivity index (χ1n) is 7.51. The summed E-state index contributed by atoms with van der Waals surface area (Å²) >= 11 is 0. The van der Waals surface area contributed by atoms with Crippen molar-refractivity contribution in [1.82, 2.24) is 0 Å². The molecule has 4 rings (SSSR count). The molecule has 0 spiro atoms. The lowest BCUT2D eigenvalue weighted by atomic mass is 9.34. The molecule has 1 fully saturated rings. The van der Waals surface area contributed by atoms with Gasteiger partial charge in [-0.2, -0.15) is 0 Å². The van der Waals surface area contributed by atoms with E-state index in [2.05, 4.69) is 0 Å². The van der Waals surface area contributed by atoms with Crippen molar-refractivity contribution in [3.63, 3.8) is 0 Å². The van der Waals surface area contributed by atoms with E-state index in [1.54, 1.807) is 0 Å². The van der Waals surface area contributed by atoms with Crippen LogP contribution in [0.1, 0.15) is 41.5 Å². The van der Waals surface area contributed by atoms with Crippen molar-refractivity contribution in [2.75, 3.05) is 0 Å². The summed E-state index contributed by atoms with van der Waals surface area (Å²) in [4.78, 5) is 38.3. The van der Waals surface area contributed by atoms with Gasteiger partial charge in [0.1, 0.15) is 5.78 Å². The average molecular weight is 286 g/mol. The first-order chi connectivity index (χ1) is 9.52. The maximum absolute atomic E-state index is 13.2. The average Bonchev–Trinajstić information content (AvgIpc) is 2.42. The smallest absolute Gasteiger partial charge is 0.160 e. The van der Waals surface area contributed by atoms with Gasteiger partial charge >= 0.3 is 0 Å². The Morgan fingerprint density at radius 3 is 1.81 bits per heavy atom. The fourth-order valence-electron chi connectivity index (χ4n) is 5.24. The van der Waals surface area contributed by atoms with Gasteiger partial charge in [-0.3, -0.25) is 14.4 Å². The van der Waals surface area contributed by atoms with Gasteiger partial charge in [0.25, 0.3) is 0 Å². The van der Waals surface area contributed by atoms with Gasteiger partial charge in [0, 0.05) is 22.7 Å².